The van der Waals surface area contributed by atoms with E-state index in [9.17, 15) is 9.18 Å². The van der Waals surface area contributed by atoms with Gasteiger partial charge in [-0.2, -0.15) is 0 Å². The fraction of sp³-hybridized carbons (Fsp3) is 0.0714. The van der Waals surface area contributed by atoms with Crippen molar-refractivity contribution in [1.29, 1.82) is 0 Å². The summed E-state index contributed by atoms with van der Waals surface area (Å²) in [4.78, 5) is 12.1. The van der Waals surface area contributed by atoms with E-state index < -0.39 is 5.82 Å². The Labute approximate surface area is 121 Å². The molecule has 0 bridgehead atoms. The Hall–Kier alpha value is -1.00. The lowest BCUT2D eigenvalue weighted by Crippen LogP contribution is -2.07. The summed E-state index contributed by atoms with van der Waals surface area (Å²) in [6, 6.07) is 11.9. The largest absolute Gasteiger partial charge is 0.294 e. The number of hydrogen-bond acceptors (Lipinski definition) is 1. The van der Waals surface area contributed by atoms with Gasteiger partial charge in [0.1, 0.15) is 5.82 Å². The van der Waals surface area contributed by atoms with Gasteiger partial charge in [0.15, 0.2) is 5.78 Å². The number of Topliss-reactive ketones (excluding diaryl/α,β-unsaturated/α-hetero) is 1. The van der Waals surface area contributed by atoms with E-state index in [-0.39, 0.29) is 17.8 Å². The molecule has 2 aromatic rings. The lowest BCUT2D eigenvalue weighted by molar-refractivity contribution is 0.0988. The van der Waals surface area contributed by atoms with E-state index in [0.717, 1.165) is 10.0 Å². The quantitative estimate of drug-likeness (QED) is 0.710. The second-order valence-corrected chi connectivity index (χ2v) is 5.59. The van der Waals surface area contributed by atoms with Crippen LogP contribution in [0.25, 0.3) is 0 Å². The maximum Gasteiger partial charge on any atom is 0.171 e. The molecule has 0 N–H and O–H groups in total. The fourth-order valence-corrected chi connectivity index (χ4v) is 2.47. The molecule has 0 aliphatic heterocycles. The van der Waals surface area contributed by atoms with Crippen LogP contribution in [0.4, 0.5) is 4.39 Å². The van der Waals surface area contributed by atoms with Crippen molar-refractivity contribution in [2.24, 2.45) is 0 Å². The van der Waals surface area contributed by atoms with Crippen LogP contribution >= 0.6 is 31.9 Å². The molecule has 0 atom stereocenters. The first-order valence-corrected chi connectivity index (χ1v) is 6.88. The Morgan fingerprint density at radius 1 is 1.06 bits per heavy atom. The van der Waals surface area contributed by atoms with Gasteiger partial charge in [0.05, 0.1) is 5.56 Å². The first kappa shape index (κ1) is 13.4. The van der Waals surface area contributed by atoms with Crippen LogP contribution in [0, 0.1) is 5.82 Å². The molecule has 0 saturated heterocycles. The molecule has 0 saturated carbocycles. The predicted molar refractivity (Wildman–Crippen MR) is 76.3 cm³/mol. The van der Waals surface area contributed by atoms with Gasteiger partial charge in [-0.1, -0.05) is 34.1 Å². The van der Waals surface area contributed by atoms with Crippen molar-refractivity contribution in [3.8, 4) is 0 Å². The standard InChI is InChI=1S/C14H9Br2FO/c15-10-6-4-9(5-7-10)8-13(18)14-11(16)2-1-3-12(14)17/h1-7H,8H2. The molecule has 2 rings (SSSR count). The number of carbonyl (C=O) groups excluding carboxylic acids is 1. The van der Waals surface area contributed by atoms with E-state index in [1.807, 2.05) is 24.3 Å². The molecular weight excluding hydrogens is 363 g/mol. The summed E-state index contributed by atoms with van der Waals surface area (Å²) < 4.78 is 15.0. The van der Waals surface area contributed by atoms with Gasteiger partial charge in [0, 0.05) is 15.4 Å². The molecule has 0 aliphatic carbocycles. The van der Waals surface area contributed by atoms with Crippen molar-refractivity contribution in [2.75, 3.05) is 0 Å². The summed E-state index contributed by atoms with van der Waals surface area (Å²) >= 11 is 6.53. The minimum Gasteiger partial charge on any atom is -0.294 e. The van der Waals surface area contributed by atoms with Crippen LogP contribution in [0.5, 0.6) is 0 Å². The van der Waals surface area contributed by atoms with Crippen molar-refractivity contribution < 1.29 is 9.18 Å². The number of hydrogen-bond donors (Lipinski definition) is 0. The van der Waals surface area contributed by atoms with Crippen LogP contribution < -0.4 is 0 Å². The molecule has 4 heteroatoms. The van der Waals surface area contributed by atoms with Crippen LogP contribution in [0.3, 0.4) is 0 Å². The second-order valence-electron chi connectivity index (χ2n) is 3.82. The molecule has 92 valence electrons. The van der Waals surface area contributed by atoms with Gasteiger partial charge >= 0.3 is 0 Å². The lowest BCUT2D eigenvalue weighted by atomic mass is 10.0. The first-order chi connectivity index (χ1) is 8.58. The Balaban J connectivity index is 2.25. The predicted octanol–water partition coefficient (Wildman–Crippen LogP) is 4.78. The van der Waals surface area contributed by atoms with E-state index in [1.54, 1.807) is 12.1 Å². The summed E-state index contributed by atoms with van der Waals surface area (Å²) in [7, 11) is 0. The van der Waals surface area contributed by atoms with Gasteiger partial charge in [0.2, 0.25) is 0 Å². The van der Waals surface area contributed by atoms with Crippen LogP contribution in [0.2, 0.25) is 0 Å². The maximum atomic E-state index is 13.6. The zero-order valence-corrected chi connectivity index (χ0v) is 12.5. The third-order valence-corrected chi connectivity index (χ3v) is 3.71. The molecule has 0 amide bonds. The van der Waals surface area contributed by atoms with Gasteiger partial charge in [-0.3, -0.25) is 4.79 Å². The summed E-state index contributed by atoms with van der Waals surface area (Å²) in [6.07, 6.45) is 0.187. The first-order valence-electron chi connectivity index (χ1n) is 5.29. The average Bonchev–Trinajstić information content (AvgIpc) is 2.32. The van der Waals surface area contributed by atoms with E-state index in [0.29, 0.717) is 4.47 Å². The van der Waals surface area contributed by atoms with E-state index in [2.05, 4.69) is 31.9 Å². The topological polar surface area (TPSA) is 17.1 Å². The smallest absolute Gasteiger partial charge is 0.171 e. The number of benzene rings is 2. The highest BCUT2D eigenvalue weighted by atomic mass is 79.9. The number of halogens is 3. The molecule has 1 nitrogen and oxygen atoms in total. The lowest BCUT2D eigenvalue weighted by Gasteiger charge is -2.05. The summed E-state index contributed by atoms with van der Waals surface area (Å²) in [5.41, 5.74) is 0.971. The van der Waals surface area contributed by atoms with E-state index in [1.165, 1.54) is 6.07 Å². The third kappa shape index (κ3) is 3.06. The molecule has 0 fully saturated rings. The Morgan fingerprint density at radius 3 is 2.33 bits per heavy atom. The molecule has 2 aromatic carbocycles. The zero-order chi connectivity index (χ0) is 13.1. The molecular formula is C14H9Br2FO. The Kier molecular flexibility index (Phi) is 4.30. The van der Waals surface area contributed by atoms with Crippen molar-refractivity contribution >= 4 is 37.6 Å². The molecule has 0 aliphatic rings. The van der Waals surface area contributed by atoms with Gasteiger partial charge in [-0.05, 0) is 45.8 Å². The minimum absolute atomic E-state index is 0.111. The summed E-state index contributed by atoms with van der Waals surface area (Å²) in [6.45, 7) is 0. The Bertz CT molecular complexity index is 559. The molecule has 0 unspecified atom stereocenters. The van der Waals surface area contributed by atoms with Crippen LogP contribution in [0.1, 0.15) is 15.9 Å². The number of carbonyl (C=O) groups is 1. The molecule has 0 aromatic heterocycles. The number of rotatable bonds is 3. The normalized spacial score (nSPS) is 10.4. The van der Waals surface area contributed by atoms with Crippen molar-refractivity contribution in [3.63, 3.8) is 0 Å². The minimum atomic E-state index is -0.494. The summed E-state index contributed by atoms with van der Waals surface area (Å²) in [5, 5.41) is 0. The highest BCUT2D eigenvalue weighted by molar-refractivity contribution is 9.10. The van der Waals surface area contributed by atoms with Crippen LogP contribution in [0.15, 0.2) is 51.4 Å². The third-order valence-electron chi connectivity index (χ3n) is 2.52. The van der Waals surface area contributed by atoms with E-state index in [4.69, 9.17) is 0 Å². The fourth-order valence-electron chi connectivity index (χ4n) is 1.64. The van der Waals surface area contributed by atoms with E-state index >= 15 is 0 Å². The molecule has 18 heavy (non-hydrogen) atoms. The highest BCUT2D eigenvalue weighted by Gasteiger charge is 2.15. The van der Waals surface area contributed by atoms with Gasteiger partial charge < -0.3 is 0 Å². The van der Waals surface area contributed by atoms with Gasteiger partial charge in [-0.25, -0.2) is 4.39 Å². The van der Waals surface area contributed by atoms with Crippen molar-refractivity contribution in [3.05, 3.63) is 68.4 Å². The average molecular weight is 372 g/mol. The van der Waals surface area contributed by atoms with Gasteiger partial charge in [0.25, 0.3) is 0 Å². The summed E-state index contributed by atoms with van der Waals surface area (Å²) in [5.74, 6) is -0.728. The Morgan fingerprint density at radius 2 is 1.72 bits per heavy atom. The number of ketones is 1. The molecule has 0 radical (unpaired) electrons. The van der Waals surface area contributed by atoms with Crippen LogP contribution in [-0.2, 0) is 6.42 Å². The zero-order valence-electron chi connectivity index (χ0n) is 9.29. The maximum absolute atomic E-state index is 13.6. The molecule has 0 spiro atoms. The van der Waals surface area contributed by atoms with Crippen molar-refractivity contribution in [2.45, 2.75) is 6.42 Å². The highest BCUT2D eigenvalue weighted by Crippen LogP contribution is 2.22. The van der Waals surface area contributed by atoms with Crippen LogP contribution in [-0.4, -0.2) is 5.78 Å². The monoisotopic (exact) mass is 370 g/mol. The van der Waals surface area contributed by atoms with Gasteiger partial charge in [-0.15, -0.1) is 0 Å². The molecule has 0 heterocycles. The second kappa shape index (κ2) is 5.76. The van der Waals surface area contributed by atoms with Crippen molar-refractivity contribution in [1.82, 2.24) is 0 Å². The SMILES string of the molecule is O=C(Cc1ccc(Br)cc1)c1c(F)cccc1Br.